The van der Waals surface area contributed by atoms with E-state index in [1.165, 1.54) is 30.5 Å². The van der Waals surface area contributed by atoms with Crippen LogP contribution in [0.2, 0.25) is 0 Å². The van der Waals surface area contributed by atoms with Gasteiger partial charge in [0.2, 0.25) is 5.91 Å². The number of anilines is 1. The summed E-state index contributed by atoms with van der Waals surface area (Å²) in [6.07, 6.45) is 3.18. The van der Waals surface area contributed by atoms with Crippen LogP contribution in [0.5, 0.6) is 0 Å². The molecule has 0 radical (unpaired) electrons. The van der Waals surface area contributed by atoms with Crippen molar-refractivity contribution in [1.82, 2.24) is 0 Å². The maximum absolute atomic E-state index is 11.8. The summed E-state index contributed by atoms with van der Waals surface area (Å²) in [5, 5.41) is 2.53. The number of hydrogen-bond donors (Lipinski definition) is 2. The molecule has 0 aliphatic carbocycles. The maximum Gasteiger partial charge on any atom is 0.277 e. The fourth-order valence-electron chi connectivity index (χ4n) is 1.55. The van der Waals surface area contributed by atoms with Crippen molar-refractivity contribution in [2.24, 2.45) is 10.7 Å². The Hall–Kier alpha value is -2.76. The summed E-state index contributed by atoms with van der Waals surface area (Å²) in [5.74, 6) is -1.44. The first-order valence-corrected chi connectivity index (χ1v) is 5.55. The van der Waals surface area contributed by atoms with Crippen LogP contribution in [0.25, 0.3) is 0 Å². The Balaban J connectivity index is 2.11. The summed E-state index contributed by atoms with van der Waals surface area (Å²) < 4.78 is 0. The molecule has 1 aliphatic rings. The van der Waals surface area contributed by atoms with Gasteiger partial charge in [0.1, 0.15) is 0 Å². The van der Waals surface area contributed by atoms with Gasteiger partial charge in [-0.05, 0) is 24.3 Å². The van der Waals surface area contributed by atoms with E-state index in [-0.39, 0.29) is 17.9 Å². The molecule has 6 nitrogen and oxygen atoms in total. The molecule has 0 aromatic heterocycles. The Morgan fingerprint density at radius 1 is 1.21 bits per heavy atom. The highest BCUT2D eigenvalue weighted by molar-refractivity contribution is 6.68. The topological polar surface area (TPSA) is 102 Å². The van der Waals surface area contributed by atoms with Gasteiger partial charge in [0.05, 0.1) is 0 Å². The average Bonchev–Trinajstić information content (AvgIpc) is 2.39. The Labute approximate surface area is 109 Å². The number of ketones is 1. The van der Waals surface area contributed by atoms with Gasteiger partial charge >= 0.3 is 0 Å². The number of nitrogens with two attached hydrogens (primary N) is 1. The number of rotatable bonds is 3. The van der Waals surface area contributed by atoms with Gasteiger partial charge in [0, 0.05) is 23.9 Å². The van der Waals surface area contributed by atoms with Gasteiger partial charge < -0.3 is 11.1 Å². The molecule has 2 rings (SSSR count). The number of hydrogen-bond acceptors (Lipinski definition) is 4. The zero-order valence-electron chi connectivity index (χ0n) is 9.92. The SMILES string of the molecule is NC(=O)c1ccc(NC(=O)C2=NC=CCC2=O)cc1. The van der Waals surface area contributed by atoms with E-state index in [0.29, 0.717) is 11.3 Å². The van der Waals surface area contributed by atoms with Crippen LogP contribution >= 0.6 is 0 Å². The van der Waals surface area contributed by atoms with Crippen molar-refractivity contribution < 1.29 is 14.4 Å². The number of nitrogens with zero attached hydrogens (tertiary/aromatic N) is 1. The van der Waals surface area contributed by atoms with Crippen LogP contribution in [0.15, 0.2) is 41.5 Å². The lowest BCUT2D eigenvalue weighted by Crippen LogP contribution is -2.30. The second-order valence-electron chi connectivity index (χ2n) is 3.89. The zero-order valence-corrected chi connectivity index (χ0v) is 9.92. The van der Waals surface area contributed by atoms with Crippen molar-refractivity contribution in [3.8, 4) is 0 Å². The van der Waals surface area contributed by atoms with E-state index in [1.807, 2.05) is 0 Å². The van der Waals surface area contributed by atoms with Gasteiger partial charge in [-0.25, -0.2) is 4.99 Å². The van der Waals surface area contributed by atoms with Crippen LogP contribution in [-0.4, -0.2) is 23.3 Å². The first kappa shape index (κ1) is 12.7. The van der Waals surface area contributed by atoms with Crippen LogP contribution in [0.1, 0.15) is 16.8 Å². The summed E-state index contributed by atoms with van der Waals surface area (Å²) >= 11 is 0. The van der Waals surface area contributed by atoms with Gasteiger partial charge in [0.25, 0.3) is 5.91 Å². The molecule has 19 heavy (non-hydrogen) atoms. The van der Waals surface area contributed by atoms with Crippen LogP contribution < -0.4 is 11.1 Å². The van der Waals surface area contributed by atoms with Crippen molar-refractivity contribution in [3.05, 3.63) is 42.1 Å². The molecule has 96 valence electrons. The maximum atomic E-state index is 11.8. The molecule has 0 atom stereocenters. The van der Waals surface area contributed by atoms with Crippen molar-refractivity contribution in [3.63, 3.8) is 0 Å². The van der Waals surface area contributed by atoms with Gasteiger partial charge in [-0.3, -0.25) is 14.4 Å². The Kier molecular flexibility index (Phi) is 3.51. The van der Waals surface area contributed by atoms with Crippen molar-refractivity contribution in [1.29, 1.82) is 0 Å². The van der Waals surface area contributed by atoms with Crippen LogP contribution in [0.4, 0.5) is 5.69 Å². The van der Waals surface area contributed by atoms with Gasteiger partial charge in [-0.15, -0.1) is 0 Å². The zero-order chi connectivity index (χ0) is 13.8. The summed E-state index contributed by atoms with van der Waals surface area (Å²) in [4.78, 5) is 37.9. The number of allylic oxidation sites excluding steroid dienone is 1. The third kappa shape index (κ3) is 2.92. The Morgan fingerprint density at radius 3 is 2.47 bits per heavy atom. The lowest BCUT2D eigenvalue weighted by Gasteiger charge is -2.08. The van der Waals surface area contributed by atoms with Crippen LogP contribution in [0.3, 0.4) is 0 Å². The summed E-state index contributed by atoms with van der Waals surface area (Å²) in [6.45, 7) is 0. The first-order valence-electron chi connectivity index (χ1n) is 5.55. The van der Waals surface area contributed by atoms with E-state index in [1.54, 1.807) is 6.08 Å². The van der Waals surface area contributed by atoms with E-state index in [2.05, 4.69) is 10.3 Å². The van der Waals surface area contributed by atoms with Crippen LogP contribution in [-0.2, 0) is 9.59 Å². The van der Waals surface area contributed by atoms with Gasteiger partial charge in [-0.2, -0.15) is 0 Å². The number of aliphatic imine (C=N–C) groups is 1. The lowest BCUT2D eigenvalue weighted by molar-refractivity contribution is -0.115. The molecule has 0 spiro atoms. The van der Waals surface area contributed by atoms with E-state index in [0.717, 1.165) is 0 Å². The number of carbonyl (C=O) groups is 3. The molecule has 1 aromatic carbocycles. The monoisotopic (exact) mass is 257 g/mol. The van der Waals surface area contributed by atoms with E-state index >= 15 is 0 Å². The number of carbonyl (C=O) groups excluding carboxylic acids is 3. The molecule has 0 unspecified atom stereocenters. The lowest BCUT2D eigenvalue weighted by atomic mass is 10.1. The fraction of sp³-hybridized carbons (Fsp3) is 0.0769. The smallest absolute Gasteiger partial charge is 0.277 e. The quantitative estimate of drug-likeness (QED) is 0.831. The summed E-state index contributed by atoms with van der Waals surface area (Å²) in [7, 11) is 0. The highest BCUT2D eigenvalue weighted by Crippen LogP contribution is 2.10. The van der Waals surface area contributed by atoms with E-state index < -0.39 is 11.8 Å². The summed E-state index contributed by atoms with van der Waals surface area (Å²) in [5.41, 5.74) is 5.78. The molecular weight excluding hydrogens is 246 g/mol. The average molecular weight is 257 g/mol. The molecule has 3 N–H and O–H groups in total. The standard InChI is InChI=1S/C13H11N3O3/c14-12(18)8-3-5-9(6-4-8)16-13(19)11-10(17)2-1-7-15-11/h1,3-7H,2H2,(H2,14,18)(H,16,19). The van der Waals surface area contributed by atoms with Gasteiger partial charge in [-0.1, -0.05) is 6.08 Å². The van der Waals surface area contributed by atoms with Crippen molar-refractivity contribution in [2.45, 2.75) is 6.42 Å². The Bertz CT molecular complexity index is 600. The minimum Gasteiger partial charge on any atom is -0.366 e. The second kappa shape index (κ2) is 5.26. The number of amides is 2. The molecule has 0 fully saturated rings. The largest absolute Gasteiger partial charge is 0.366 e. The highest BCUT2D eigenvalue weighted by atomic mass is 16.2. The predicted octanol–water partition coefficient (Wildman–Crippen LogP) is 0.651. The van der Waals surface area contributed by atoms with E-state index in [4.69, 9.17) is 5.73 Å². The predicted molar refractivity (Wildman–Crippen MR) is 69.8 cm³/mol. The highest BCUT2D eigenvalue weighted by Gasteiger charge is 2.20. The van der Waals surface area contributed by atoms with Gasteiger partial charge in [0.15, 0.2) is 11.5 Å². The molecule has 0 saturated carbocycles. The molecule has 1 heterocycles. The van der Waals surface area contributed by atoms with Crippen LogP contribution in [0, 0.1) is 0 Å². The number of benzene rings is 1. The number of nitrogens with one attached hydrogen (secondary N) is 1. The molecule has 1 aromatic rings. The van der Waals surface area contributed by atoms with Crippen molar-refractivity contribution in [2.75, 3.05) is 5.32 Å². The Morgan fingerprint density at radius 2 is 1.89 bits per heavy atom. The molecular formula is C13H11N3O3. The third-order valence-corrected chi connectivity index (χ3v) is 2.52. The number of primary amides is 1. The third-order valence-electron chi connectivity index (χ3n) is 2.52. The molecule has 1 aliphatic heterocycles. The summed E-state index contributed by atoms with van der Waals surface area (Å²) in [6, 6.07) is 6.04. The van der Waals surface area contributed by atoms with E-state index in [9.17, 15) is 14.4 Å². The minimum absolute atomic E-state index is 0.124. The normalized spacial score (nSPS) is 13.9. The fourth-order valence-corrected chi connectivity index (χ4v) is 1.55. The molecule has 0 saturated heterocycles. The van der Waals surface area contributed by atoms with Crippen molar-refractivity contribution >= 4 is 29.0 Å². The minimum atomic E-state index is -0.568. The molecule has 6 heteroatoms. The second-order valence-corrected chi connectivity index (χ2v) is 3.89. The first-order chi connectivity index (χ1) is 9.08. The molecule has 0 bridgehead atoms. The number of Topliss-reactive ketones (excluding diaryl/α,β-unsaturated/α-hetero) is 1. The molecule has 2 amide bonds.